The zero-order valence-corrected chi connectivity index (χ0v) is 15.4. The van der Waals surface area contributed by atoms with E-state index in [4.69, 9.17) is 16.7 Å². The third kappa shape index (κ3) is 3.38. The van der Waals surface area contributed by atoms with Crippen LogP contribution < -0.4 is 5.14 Å². The monoisotopic (exact) mass is 376 g/mol. The lowest BCUT2D eigenvalue weighted by Gasteiger charge is -2.09. The number of hydrogen-bond donors (Lipinski definition) is 1. The molecule has 1 aliphatic heterocycles. The first-order chi connectivity index (χ1) is 11.7. The minimum atomic E-state index is -4.00. The molecule has 7 heteroatoms. The molecule has 5 nitrogen and oxygen atoms in total. The van der Waals surface area contributed by atoms with Gasteiger partial charge < -0.3 is 0 Å². The lowest BCUT2D eigenvalue weighted by atomic mass is 9.94. The fourth-order valence-electron chi connectivity index (χ4n) is 2.89. The fourth-order valence-corrected chi connectivity index (χ4v) is 3.97. The Labute approximate surface area is 151 Å². The van der Waals surface area contributed by atoms with E-state index in [1.165, 1.54) is 18.2 Å². The lowest BCUT2D eigenvalue weighted by molar-refractivity contribution is 0.103. The highest BCUT2D eigenvalue weighted by Gasteiger charge is 2.21. The summed E-state index contributed by atoms with van der Waals surface area (Å²) in [5, 5.41) is 5.13. The molecule has 0 saturated carbocycles. The topological polar surface area (TPSA) is 89.6 Å². The van der Waals surface area contributed by atoms with E-state index < -0.39 is 10.0 Å². The fraction of sp³-hybridized carbons (Fsp3) is 0.222. The van der Waals surface area contributed by atoms with Crippen molar-refractivity contribution < 1.29 is 13.2 Å². The van der Waals surface area contributed by atoms with Gasteiger partial charge in [0.2, 0.25) is 10.0 Å². The van der Waals surface area contributed by atoms with Gasteiger partial charge >= 0.3 is 0 Å². The Morgan fingerprint density at radius 3 is 2.44 bits per heavy atom. The molecule has 0 amide bonds. The van der Waals surface area contributed by atoms with E-state index in [0.29, 0.717) is 18.0 Å². The van der Waals surface area contributed by atoms with E-state index in [1.54, 1.807) is 6.07 Å². The molecule has 0 bridgehead atoms. The van der Waals surface area contributed by atoms with Crippen molar-refractivity contribution in [2.75, 3.05) is 0 Å². The van der Waals surface area contributed by atoms with Gasteiger partial charge in [0.15, 0.2) is 5.78 Å². The molecule has 0 aromatic heterocycles. The Morgan fingerprint density at radius 1 is 1.16 bits per heavy atom. The number of sulfonamides is 1. The highest BCUT2D eigenvalue weighted by atomic mass is 35.5. The van der Waals surface area contributed by atoms with Crippen LogP contribution >= 0.6 is 11.6 Å². The molecule has 1 aliphatic rings. The number of ketones is 1. The Morgan fingerprint density at radius 2 is 1.80 bits per heavy atom. The summed E-state index contributed by atoms with van der Waals surface area (Å²) in [6.45, 7) is 4.71. The zero-order valence-electron chi connectivity index (χ0n) is 13.8. The number of aliphatic imine (C=N–C) groups is 1. The van der Waals surface area contributed by atoms with Crippen molar-refractivity contribution in [3.05, 3.63) is 63.7 Å². The minimum absolute atomic E-state index is 0.0111. The molecule has 130 valence electrons. The van der Waals surface area contributed by atoms with Gasteiger partial charge in [-0.25, -0.2) is 13.6 Å². The molecule has 0 spiro atoms. The van der Waals surface area contributed by atoms with Crippen molar-refractivity contribution >= 4 is 33.1 Å². The Kier molecular flexibility index (Phi) is 4.53. The van der Waals surface area contributed by atoms with Crippen LogP contribution in [0.1, 0.15) is 40.9 Å². The minimum Gasteiger partial charge on any atom is -0.289 e. The van der Waals surface area contributed by atoms with Crippen LogP contribution in [0, 0.1) is 5.92 Å². The molecule has 0 atom stereocenters. The van der Waals surface area contributed by atoms with E-state index in [0.717, 1.165) is 16.8 Å². The molecule has 2 aromatic carbocycles. The quantitative estimate of drug-likeness (QED) is 0.831. The van der Waals surface area contributed by atoms with Gasteiger partial charge in [-0.15, -0.1) is 0 Å². The third-order valence-corrected chi connectivity index (χ3v) is 5.50. The van der Waals surface area contributed by atoms with Crippen molar-refractivity contribution in [1.29, 1.82) is 0 Å². The summed E-state index contributed by atoms with van der Waals surface area (Å²) in [5.74, 6) is 0.0266. The standard InChI is InChI=1S/C18H17ClN2O3S/c1-10(2)17-14-5-3-11(7-13(14)9-21-17)18(22)12-4-6-15(19)16(8-12)25(20,23)24/h3-8,10H,9H2,1-2H3,(H2,20,23,24). The average molecular weight is 377 g/mol. The normalized spacial score (nSPS) is 13.7. The van der Waals surface area contributed by atoms with Crippen LogP contribution in [0.4, 0.5) is 0 Å². The van der Waals surface area contributed by atoms with Crippen molar-refractivity contribution in [1.82, 2.24) is 0 Å². The van der Waals surface area contributed by atoms with Crippen LogP contribution in [-0.4, -0.2) is 19.9 Å². The largest absolute Gasteiger partial charge is 0.289 e. The number of primary sulfonamides is 1. The number of rotatable bonds is 4. The number of hydrogen-bond acceptors (Lipinski definition) is 4. The van der Waals surface area contributed by atoms with Crippen LogP contribution in [0.25, 0.3) is 0 Å². The molecule has 2 aromatic rings. The first-order valence-corrected chi connectivity index (χ1v) is 9.65. The molecule has 0 aliphatic carbocycles. The van der Waals surface area contributed by atoms with Crippen LogP contribution in [0.2, 0.25) is 5.02 Å². The maximum absolute atomic E-state index is 12.7. The van der Waals surface area contributed by atoms with Gasteiger partial charge in [0.1, 0.15) is 4.90 Å². The Balaban J connectivity index is 1.99. The summed E-state index contributed by atoms with van der Waals surface area (Å²) < 4.78 is 23.2. The van der Waals surface area contributed by atoms with Crippen molar-refractivity contribution in [2.24, 2.45) is 16.0 Å². The summed E-state index contributed by atoms with van der Waals surface area (Å²) in [7, 11) is -4.00. The van der Waals surface area contributed by atoms with Gasteiger partial charge in [0, 0.05) is 22.4 Å². The number of halogens is 1. The molecule has 2 N–H and O–H groups in total. The number of carbonyl (C=O) groups is 1. The van der Waals surface area contributed by atoms with E-state index in [-0.39, 0.29) is 21.3 Å². The third-order valence-electron chi connectivity index (χ3n) is 4.11. The maximum atomic E-state index is 12.7. The van der Waals surface area contributed by atoms with E-state index in [9.17, 15) is 13.2 Å². The highest BCUT2D eigenvalue weighted by Crippen LogP contribution is 2.27. The Hall–Kier alpha value is -2.02. The van der Waals surface area contributed by atoms with Gasteiger partial charge in [-0.3, -0.25) is 9.79 Å². The number of nitrogens with two attached hydrogens (primary N) is 1. The molecular formula is C18H17ClN2O3S. The summed E-state index contributed by atoms with van der Waals surface area (Å²) >= 11 is 5.87. The number of nitrogens with zero attached hydrogens (tertiary/aromatic N) is 1. The highest BCUT2D eigenvalue weighted by molar-refractivity contribution is 7.89. The second-order valence-electron chi connectivity index (χ2n) is 6.25. The predicted octanol–water partition coefficient (Wildman–Crippen LogP) is 3.18. The SMILES string of the molecule is CC(C)C1=NCc2cc(C(=O)c3ccc(Cl)c(S(N)(=O)=O)c3)ccc21. The summed E-state index contributed by atoms with van der Waals surface area (Å²) in [6.07, 6.45) is 0. The van der Waals surface area contributed by atoms with Crippen LogP contribution in [0.3, 0.4) is 0 Å². The first kappa shape index (κ1) is 17.8. The van der Waals surface area contributed by atoms with Crippen molar-refractivity contribution in [3.63, 3.8) is 0 Å². The molecule has 3 rings (SSSR count). The van der Waals surface area contributed by atoms with Crippen molar-refractivity contribution in [3.8, 4) is 0 Å². The second kappa shape index (κ2) is 6.37. The summed E-state index contributed by atoms with van der Waals surface area (Å²) in [4.78, 5) is 17.0. The van der Waals surface area contributed by atoms with Gasteiger partial charge in [-0.1, -0.05) is 37.6 Å². The number of fused-ring (bicyclic) bond motifs is 1. The predicted molar refractivity (Wildman–Crippen MR) is 97.8 cm³/mol. The first-order valence-electron chi connectivity index (χ1n) is 7.73. The summed E-state index contributed by atoms with van der Waals surface area (Å²) in [5.41, 5.74) is 3.79. The van der Waals surface area contributed by atoms with Gasteiger partial charge in [-0.2, -0.15) is 0 Å². The van der Waals surface area contributed by atoms with Gasteiger partial charge in [-0.05, 0) is 35.7 Å². The molecule has 1 heterocycles. The second-order valence-corrected chi connectivity index (χ2v) is 8.18. The zero-order chi connectivity index (χ0) is 18.4. The van der Waals surface area contributed by atoms with Gasteiger partial charge in [0.25, 0.3) is 0 Å². The smallest absolute Gasteiger partial charge is 0.239 e. The number of benzene rings is 2. The average Bonchev–Trinajstić information content (AvgIpc) is 2.96. The van der Waals surface area contributed by atoms with Crippen LogP contribution in [0.5, 0.6) is 0 Å². The van der Waals surface area contributed by atoms with Crippen molar-refractivity contribution in [2.45, 2.75) is 25.3 Å². The summed E-state index contributed by atoms with van der Waals surface area (Å²) in [6, 6.07) is 9.50. The van der Waals surface area contributed by atoms with Crippen LogP contribution in [0.15, 0.2) is 46.3 Å². The molecular weight excluding hydrogens is 360 g/mol. The Bertz CT molecular complexity index is 1010. The van der Waals surface area contributed by atoms with Crippen LogP contribution in [-0.2, 0) is 16.6 Å². The molecule has 0 fully saturated rings. The molecule has 0 saturated heterocycles. The van der Waals surface area contributed by atoms with E-state index in [1.807, 2.05) is 12.1 Å². The van der Waals surface area contributed by atoms with E-state index in [2.05, 4.69) is 18.8 Å². The van der Waals surface area contributed by atoms with Gasteiger partial charge in [0.05, 0.1) is 11.6 Å². The lowest BCUT2D eigenvalue weighted by Crippen LogP contribution is -2.14. The number of carbonyl (C=O) groups excluding carboxylic acids is 1. The maximum Gasteiger partial charge on any atom is 0.239 e. The molecule has 0 radical (unpaired) electrons. The molecule has 25 heavy (non-hydrogen) atoms. The van der Waals surface area contributed by atoms with E-state index >= 15 is 0 Å². The molecule has 0 unspecified atom stereocenters.